The fourth-order valence-corrected chi connectivity index (χ4v) is 2.27. The Morgan fingerprint density at radius 1 is 1.30 bits per heavy atom. The third kappa shape index (κ3) is 3.49. The maximum atomic E-state index is 13.2. The van der Waals surface area contributed by atoms with Crippen LogP contribution in [0.25, 0.3) is 0 Å². The third-order valence-corrected chi connectivity index (χ3v) is 3.55. The van der Waals surface area contributed by atoms with Gasteiger partial charge in [0.2, 0.25) is 0 Å². The Balaban J connectivity index is 2.21. The van der Waals surface area contributed by atoms with E-state index in [0.717, 1.165) is 17.0 Å². The molecule has 0 radical (unpaired) electrons. The number of methoxy groups -OCH3 is 1. The van der Waals surface area contributed by atoms with Gasteiger partial charge in [-0.3, -0.25) is 0 Å². The van der Waals surface area contributed by atoms with E-state index in [1.807, 2.05) is 24.3 Å². The number of anilines is 1. The van der Waals surface area contributed by atoms with Gasteiger partial charge in [-0.2, -0.15) is 0 Å². The maximum absolute atomic E-state index is 13.2. The Morgan fingerprint density at radius 3 is 2.75 bits per heavy atom. The second kappa shape index (κ2) is 6.72. The lowest BCUT2D eigenvalue weighted by atomic mass is 10.1. The van der Waals surface area contributed by atoms with Crippen molar-refractivity contribution in [2.24, 2.45) is 0 Å². The van der Waals surface area contributed by atoms with E-state index in [4.69, 9.17) is 4.74 Å². The van der Waals surface area contributed by atoms with Crippen molar-refractivity contribution in [1.29, 1.82) is 0 Å². The molecule has 106 valence electrons. The van der Waals surface area contributed by atoms with Gasteiger partial charge in [0.15, 0.2) is 0 Å². The first-order valence-electron chi connectivity index (χ1n) is 6.10. The Bertz CT molecular complexity index is 592. The topological polar surface area (TPSA) is 41.5 Å². The zero-order valence-corrected chi connectivity index (χ0v) is 12.5. The molecule has 0 aliphatic carbocycles. The maximum Gasteiger partial charge on any atom is 0.137 e. The summed E-state index contributed by atoms with van der Waals surface area (Å²) in [7, 11) is 1.60. The number of aliphatic hydroxyl groups is 1. The van der Waals surface area contributed by atoms with Crippen LogP contribution >= 0.6 is 15.9 Å². The molecule has 0 aromatic heterocycles. The first-order valence-corrected chi connectivity index (χ1v) is 6.89. The van der Waals surface area contributed by atoms with E-state index in [9.17, 15) is 9.50 Å². The third-order valence-electron chi connectivity index (χ3n) is 2.94. The van der Waals surface area contributed by atoms with Crippen LogP contribution in [0.5, 0.6) is 5.75 Å². The van der Waals surface area contributed by atoms with Crippen molar-refractivity contribution < 1.29 is 14.2 Å². The number of hydrogen-bond acceptors (Lipinski definition) is 3. The van der Waals surface area contributed by atoms with Crippen LogP contribution in [-0.2, 0) is 0 Å². The van der Waals surface area contributed by atoms with Gasteiger partial charge in [0, 0.05) is 11.8 Å². The van der Waals surface area contributed by atoms with Crippen LogP contribution in [0, 0.1) is 5.82 Å². The number of ether oxygens (including phenoxy) is 1. The Labute approximate surface area is 125 Å². The minimum atomic E-state index is -0.327. The van der Waals surface area contributed by atoms with E-state index in [0.29, 0.717) is 4.47 Å². The Kier molecular flexibility index (Phi) is 4.98. The number of hydrogen-bond donors (Lipinski definition) is 2. The largest absolute Gasteiger partial charge is 0.497 e. The van der Waals surface area contributed by atoms with Crippen molar-refractivity contribution >= 4 is 21.6 Å². The zero-order chi connectivity index (χ0) is 14.5. The summed E-state index contributed by atoms with van der Waals surface area (Å²) >= 11 is 3.15. The van der Waals surface area contributed by atoms with E-state index in [2.05, 4.69) is 21.2 Å². The van der Waals surface area contributed by atoms with E-state index in [1.165, 1.54) is 6.07 Å². The van der Waals surface area contributed by atoms with Gasteiger partial charge in [0.1, 0.15) is 11.6 Å². The summed E-state index contributed by atoms with van der Waals surface area (Å²) < 4.78 is 18.8. The van der Waals surface area contributed by atoms with Gasteiger partial charge in [-0.15, -0.1) is 0 Å². The van der Waals surface area contributed by atoms with E-state index < -0.39 is 0 Å². The molecule has 2 aromatic carbocycles. The second-order valence-electron chi connectivity index (χ2n) is 4.28. The minimum Gasteiger partial charge on any atom is -0.497 e. The molecule has 0 aliphatic heterocycles. The molecular formula is C15H15BrFNO2. The molecule has 3 nitrogen and oxygen atoms in total. The van der Waals surface area contributed by atoms with Crippen LogP contribution < -0.4 is 10.1 Å². The fraction of sp³-hybridized carbons (Fsp3) is 0.200. The number of aliphatic hydroxyl groups excluding tert-OH is 1. The molecule has 2 N–H and O–H groups in total. The summed E-state index contributed by atoms with van der Waals surface area (Å²) in [6.07, 6.45) is 0. The van der Waals surface area contributed by atoms with Gasteiger partial charge in [0.05, 0.1) is 24.2 Å². The van der Waals surface area contributed by atoms with Crippen molar-refractivity contribution in [3.63, 3.8) is 0 Å². The zero-order valence-electron chi connectivity index (χ0n) is 10.9. The fourth-order valence-electron chi connectivity index (χ4n) is 1.88. The summed E-state index contributed by atoms with van der Waals surface area (Å²) in [6.45, 7) is -0.102. The summed E-state index contributed by atoms with van der Waals surface area (Å²) in [5.74, 6) is 0.402. The minimum absolute atomic E-state index is 0.102. The smallest absolute Gasteiger partial charge is 0.137 e. The predicted octanol–water partition coefficient (Wildman–Crippen LogP) is 3.74. The normalized spacial score (nSPS) is 12.0. The van der Waals surface area contributed by atoms with Crippen LogP contribution in [-0.4, -0.2) is 18.8 Å². The summed E-state index contributed by atoms with van der Waals surface area (Å²) in [6, 6.07) is 11.8. The van der Waals surface area contributed by atoms with Crippen molar-refractivity contribution in [2.45, 2.75) is 6.04 Å². The summed E-state index contributed by atoms with van der Waals surface area (Å²) in [5.41, 5.74) is 1.62. The lowest BCUT2D eigenvalue weighted by molar-refractivity contribution is 0.276. The Morgan fingerprint density at radius 2 is 2.10 bits per heavy atom. The molecule has 1 atom stereocenters. The SMILES string of the molecule is COc1cccc(NC(CO)c2ccc(F)c(Br)c2)c1. The molecule has 2 rings (SSSR count). The van der Waals surface area contributed by atoms with Gasteiger partial charge >= 0.3 is 0 Å². The van der Waals surface area contributed by atoms with Crippen molar-refractivity contribution in [2.75, 3.05) is 19.0 Å². The number of rotatable bonds is 5. The molecular weight excluding hydrogens is 325 g/mol. The highest BCUT2D eigenvalue weighted by atomic mass is 79.9. The van der Waals surface area contributed by atoms with Gasteiger partial charge in [-0.25, -0.2) is 4.39 Å². The second-order valence-corrected chi connectivity index (χ2v) is 5.14. The predicted molar refractivity (Wildman–Crippen MR) is 80.5 cm³/mol. The molecule has 0 saturated carbocycles. The standard InChI is InChI=1S/C15H15BrFNO2/c1-20-12-4-2-3-11(8-12)18-15(9-19)10-5-6-14(17)13(16)7-10/h2-8,15,18-19H,9H2,1H3. The van der Waals surface area contributed by atoms with Crippen LogP contribution in [0.15, 0.2) is 46.9 Å². The average Bonchev–Trinajstić information content (AvgIpc) is 2.48. The molecule has 0 aliphatic rings. The monoisotopic (exact) mass is 339 g/mol. The van der Waals surface area contributed by atoms with Crippen LogP contribution in [0.1, 0.15) is 11.6 Å². The highest BCUT2D eigenvalue weighted by molar-refractivity contribution is 9.10. The lowest BCUT2D eigenvalue weighted by Crippen LogP contribution is -2.15. The van der Waals surface area contributed by atoms with Crippen molar-refractivity contribution in [3.05, 3.63) is 58.3 Å². The molecule has 1 unspecified atom stereocenters. The number of halogens is 2. The molecule has 5 heteroatoms. The van der Waals surface area contributed by atoms with Crippen molar-refractivity contribution in [3.8, 4) is 5.75 Å². The first-order chi connectivity index (χ1) is 9.63. The van der Waals surface area contributed by atoms with Gasteiger partial charge in [-0.05, 0) is 45.8 Å². The van der Waals surface area contributed by atoms with E-state index in [1.54, 1.807) is 19.2 Å². The van der Waals surface area contributed by atoms with Gasteiger partial charge < -0.3 is 15.2 Å². The van der Waals surface area contributed by atoms with E-state index in [-0.39, 0.29) is 18.5 Å². The number of benzene rings is 2. The Hall–Kier alpha value is -1.59. The molecule has 20 heavy (non-hydrogen) atoms. The molecule has 0 amide bonds. The van der Waals surface area contributed by atoms with Crippen molar-refractivity contribution in [1.82, 2.24) is 0 Å². The van der Waals surface area contributed by atoms with Crippen LogP contribution in [0.3, 0.4) is 0 Å². The van der Waals surface area contributed by atoms with E-state index >= 15 is 0 Å². The van der Waals surface area contributed by atoms with Crippen LogP contribution in [0.2, 0.25) is 0 Å². The van der Waals surface area contributed by atoms with Crippen LogP contribution in [0.4, 0.5) is 10.1 Å². The average molecular weight is 340 g/mol. The van der Waals surface area contributed by atoms with Gasteiger partial charge in [0.25, 0.3) is 0 Å². The molecule has 0 fully saturated rings. The summed E-state index contributed by atoms with van der Waals surface area (Å²) in [5, 5.41) is 12.7. The molecule has 0 saturated heterocycles. The molecule has 2 aromatic rings. The lowest BCUT2D eigenvalue weighted by Gasteiger charge is -2.19. The first kappa shape index (κ1) is 14.8. The molecule has 0 heterocycles. The van der Waals surface area contributed by atoms with Gasteiger partial charge in [-0.1, -0.05) is 12.1 Å². The molecule has 0 spiro atoms. The quantitative estimate of drug-likeness (QED) is 0.871. The highest BCUT2D eigenvalue weighted by Gasteiger charge is 2.12. The molecule has 0 bridgehead atoms. The number of nitrogens with one attached hydrogen (secondary N) is 1. The highest BCUT2D eigenvalue weighted by Crippen LogP contribution is 2.25. The summed E-state index contributed by atoms with van der Waals surface area (Å²) in [4.78, 5) is 0.